The Morgan fingerprint density at radius 3 is 2.56 bits per heavy atom. The summed E-state index contributed by atoms with van der Waals surface area (Å²) in [5.74, 6) is 0.0273. The highest BCUT2D eigenvalue weighted by molar-refractivity contribution is 6.24. The van der Waals surface area contributed by atoms with Gasteiger partial charge in [-0.15, -0.1) is 0 Å². The number of fused-ring (bicyclic) bond motifs is 1. The molecule has 1 aromatic rings. The molecule has 0 atom stereocenters. The van der Waals surface area contributed by atoms with Crippen molar-refractivity contribution in [3.63, 3.8) is 0 Å². The third kappa shape index (κ3) is 1.44. The molecule has 2 heteroatoms. The molecule has 0 aromatic heterocycles. The first-order valence-corrected chi connectivity index (χ1v) is 5.13. The van der Waals surface area contributed by atoms with Crippen molar-refractivity contribution in [3.05, 3.63) is 65.8 Å². The number of carbonyl (C=O) groups excluding carboxylic acids is 1. The van der Waals surface area contributed by atoms with Gasteiger partial charge in [-0.3, -0.25) is 4.79 Å². The quantitative estimate of drug-likeness (QED) is 0.651. The van der Waals surface area contributed by atoms with Gasteiger partial charge < -0.3 is 0 Å². The highest BCUT2D eigenvalue weighted by Gasteiger charge is 2.17. The molecule has 0 saturated heterocycles. The topological polar surface area (TPSA) is 29.4 Å². The molecule has 1 aliphatic heterocycles. The molecule has 2 aliphatic rings. The molecule has 0 unspecified atom stereocenters. The van der Waals surface area contributed by atoms with Crippen LogP contribution in [-0.2, 0) is 4.79 Å². The van der Waals surface area contributed by atoms with E-state index in [0.717, 1.165) is 22.5 Å². The van der Waals surface area contributed by atoms with Crippen LogP contribution in [0.5, 0.6) is 0 Å². The van der Waals surface area contributed by atoms with E-state index >= 15 is 0 Å². The maximum absolute atomic E-state index is 11.2. The fourth-order valence-electron chi connectivity index (χ4n) is 1.82. The van der Waals surface area contributed by atoms with Crippen LogP contribution in [-0.4, -0.2) is 11.5 Å². The summed E-state index contributed by atoms with van der Waals surface area (Å²) in [5.41, 5.74) is 3.78. The molecular weight excluding hydrogens is 198 g/mol. The SMILES string of the molecule is O=C1C=CC2=NC(c3ccccc3)=CC2=C1. The Kier molecular flexibility index (Phi) is 1.93. The zero-order valence-corrected chi connectivity index (χ0v) is 8.55. The van der Waals surface area contributed by atoms with Crippen LogP contribution < -0.4 is 0 Å². The number of ketones is 1. The van der Waals surface area contributed by atoms with Gasteiger partial charge >= 0.3 is 0 Å². The van der Waals surface area contributed by atoms with Crippen molar-refractivity contribution in [2.45, 2.75) is 0 Å². The number of allylic oxidation sites excluding steroid dienone is 5. The minimum atomic E-state index is 0.0273. The van der Waals surface area contributed by atoms with Crippen molar-refractivity contribution in [1.29, 1.82) is 0 Å². The summed E-state index contributed by atoms with van der Waals surface area (Å²) in [6.07, 6.45) is 6.88. The number of rotatable bonds is 1. The Labute approximate surface area is 93.3 Å². The average Bonchev–Trinajstić information content (AvgIpc) is 2.73. The predicted molar refractivity (Wildman–Crippen MR) is 64.1 cm³/mol. The van der Waals surface area contributed by atoms with Crippen molar-refractivity contribution in [2.75, 3.05) is 0 Å². The van der Waals surface area contributed by atoms with Crippen molar-refractivity contribution in [3.8, 4) is 0 Å². The van der Waals surface area contributed by atoms with E-state index in [1.807, 2.05) is 36.4 Å². The molecular formula is C14H9NO. The summed E-state index contributed by atoms with van der Waals surface area (Å²) in [6, 6.07) is 9.96. The lowest BCUT2D eigenvalue weighted by Gasteiger charge is -1.99. The molecule has 0 fully saturated rings. The Hall–Kier alpha value is -2.22. The van der Waals surface area contributed by atoms with E-state index in [1.54, 1.807) is 18.2 Å². The first-order chi connectivity index (χ1) is 7.83. The molecule has 76 valence electrons. The Morgan fingerprint density at radius 2 is 1.75 bits per heavy atom. The summed E-state index contributed by atoms with van der Waals surface area (Å²) in [6.45, 7) is 0. The van der Waals surface area contributed by atoms with Gasteiger partial charge in [0.15, 0.2) is 5.78 Å². The highest BCUT2D eigenvalue weighted by atomic mass is 16.1. The molecule has 2 nitrogen and oxygen atoms in total. The Morgan fingerprint density at radius 1 is 0.938 bits per heavy atom. The molecule has 3 rings (SSSR count). The molecule has 0 saturated carbocycles. The lowest BCUT2D eigenvalue weighted by Crippen LogP contribution is -2.02. The molecule has 0 N–H and O–H groups in total. The highest BCUT2D eigenvalue weighted by Crippen LogP contribution is 2.27. The summed E-state index contributed by atoms with van der Waals surface area (Å²) < 4.78 is 0. The van der Waals surface area contributed by atoms with Gasteiger partial charge in [-0.05, 0) is 24.3 Å². The van der Waals surface area contributed by atoms with E-state index in [2.05, 4.69) is 4.99 Å². The first kappa shape index (κ1) is 9.04. The van der Waals surface area contributed by atoms with Gasteiger partial charge in [0, 0.05) is 11.1 Å². The van der Waals surface area contributed by atoms with E-state index in [4.69, 9.17) is 0 Å². The van der Waals surface area contributed by atoms with E-state index in [0.29, 0.717) is 0 Å². The fraction of sp³-hybridized carbons (Fsp3) is 0. The number of aliphatic imine (C=N–C) groups is 1. The van der Waals surface area contributed by atoms with Crippen LogP contribution in [0, 0.1) is 0 Å². The summed E-state index contributed by atoms with van der Waals surface area (Å²) >= 11 is 0. The number of hydrogen-bond acceptors (Lipinski definition) is 2. The zero-order valence-electron chi connectivity index (χ0n) is 8.55. The van der Waals surface area contributed by atoms with Gasteiger partial charge in [-0.2, -0.15) is 0 Å². The molecule has 1 aromatic carbocycles. The van der Waals surface area contributed by atoms with Crippen LogP contribution in [0.25, 0.3) is 5.70 Å². The van der Waals surface area contributed by atoms with Crippen LogP contribution in [0.15, 0.2) is 65.2 Å². The fourth-order valence-corrected chi connectivity index (χ4v) is 1.82. The molecule has 0 amide bonds. The largest absolute Gasteiger partial charge is 0.290 e. The second-order valence-electron chi connectivity index (χ2n) is 3.73. The van der Waals surface area contributed by atoms with Gasteiger partial charge in [0.05, 0.1) is 11.4 Å². The zero-order chi connectivity index (χ0) is 11.0. The molecule has 0 spiro atoms. The monoisotopic (exact) mass is 207 g/mol. The lowest BCUT2D eigenvalue weighted by molar-refractivity contribution is -0.110. The van der Waals surface area contributed by atoms with Gasteiger partial charge in [0.2, 0.25) is 0 Å². The maximum Gasteiger partial charge on any atom is 0.179 e. The van der Waals surface area contributed by atoms with E-state index in [9.17, 15) is 4.79 Å². The molecule has 1 heterocycles. The van der Waals surface area contributed by atoms with Gasteiger partial charge in [0.25, 0.3) is 0 Å². The first-order valence-electron chi connectivity index (χ1n) is 5.13. The van der Waals surface area contributed by atoms with Crippen LogP contribution in [0.3, 0.4) is 0 Å². The number of benzene rings is 1. The normalized spacial score (nSPS) is 17.8. The van der Waals surface area contributed by atoms with Gasteiger partial charge in [-0.1, -0.05) is 30.3 Å². The van der Waals surface area contributed by atoms with E-state index < -0.39 is 0 Å². The average molecular weight is 207 g/mol. The van der Waals surface area contributed by atoms with Crippen LogP contribution in [0.2, 0.25) is 0 Å². The minimum absolute atomic E-state index is 0.0273. The third-order valence-corrected chi connectivity index (χ3v) is 2.60. The van der Waals surface area contributed by atoms with Crippen LogP contribution >= 0.6 is 0 Å². The third-order valence-electron chi connectivity index (χ3n) is 2.60. The summed E-state index contributed by atoms with van der Waals surface area (Å²) in [7, 11) is 0. The standard InChI is InChI=1S/C14H9NO/c16-12-6-7-13-11(8-12)9-14(15-13)10-4-2-1-3-5-10/h1-9H. The molecule has 0 bridgehead atoms. The maximum atomic E-state index is 11.2. The van der Waals surface area contributed by atoms with E-state index in [-0.39, 0.29) is 5.78 Å². The summed E-state index contributed by atoms with van der Waals surface area (Å²) in [5, 5.41) is 0. The van der Waals surface area contributed by atoms with Crippen LogP contribution in [0.1, 0.15) is 5.56 Å². The molecule has 0 radical (unpaired) electrons. The lowest BCUT2D eigenvalue weighted by atomic mass is 10.0. The van der Waals surface area contributed by atoms with Crippen molar-refractivity contribution in [2.24, 2.45) is 4.99 Å². The summed E-state index contributed by atoms with van der Waals surface area (Å²) in [4.78, 5) is 15.7. The van der Waals surface area contributed by atoms with Gasteiger partial charge in [-0.25, -0.2) is 4.99 Å². The second kappa shape index (κ2) is 3.42. The molecule has 1 aliphatic carbocycles. The van der Waals surface area contributed by atoms with Crippen molar-refractivity contribution < 1.29 is 4.79 Å². The molecule has 16 heavy (non-hydrogen) atoms. The predicted octanol–water partition coefficient (Wildman–Crippen LogP) is 2.55. The number of hydrogen-bond donors (Lipinski definition) is 0. The second-order valence-corrected chi connectivity index (χ2v) is 3.73. The van der Waals surface area contributed by atoms with Gasteiger partial charge in [0.1, 0.15) is 0 Å². The minimum Gasteiger partial charge on any atom is -0.290 e. The van der Waals surface area contributed by atoms with Crippen molar-refractivity contribution in [1.82, 2.24) is 0 Å². The number of nitrogens with zero attached hydrogens (tertiary/aromatic N) is 1. The Bertz CT molecular complexity index is 574. The number of carbonyl (C=O) groups is 1. The van der Waals surface area contributed by atoms with Crippen LogP contribution in [0.4, 0.5) is 0 Å². The Balaban J connectivity index is 2.05. The van der Waals surface area contributed by atoms with Crippen molar-refractivity contribution >= 4 is 17.2 Å². The smallest absolute Gasteiger partial charge is 0.179 e. The van der Waals surface area contributed by atoms with E-state index in [1.165, 1.54) is 0 Å².